The van der Waals surface area contributed by atoms with Crippen molar-refractivity contribution in [2.24, 2.45) is 16.5 Å². The van der Waals surface area contributed by atoms with Gasteiger partial charge >= 0.3 is 0 Å². The van der Waals surface area contributed by atoms with Crippen LogP contribution in [0.1, 0.15) is 6.42 Å². The Labute approximate surface area is 71.5 Å². The number of rotatable bonds is 6. The molecule has 5 heteroatoms. The van der Waals surface area contributed by atoms with Crippen LogP contribution in [0.5, 0.6) is 0 Å². The van der Waals surface area contributed by atoms with E-state index in [4.69, 9.17) is 11.5 Å². The number of primary amides is 1. The van der Waals surface area contributed by atoms with Crippen molar-refractivity contribution in [3.63, 3.8) is 0 Å². The molecule has 0 saturated carbocycles. The first kappa shape index (κ1) is 10.6. The summed E-state index contributed by atoms with van der Waals surface area (Å²) in [6.07, 6.45) is 1.54. The maximum absolute atomic E-state index is 10.3. The Morgan fingerprint density at radius 2 is 2.33 bits per heavy atom. The first-order chi connectivity index (χ1) is 5.66. The highest BCUT2D eigenvalue weighted by molar-refractivity contribution is 5.88. The molecule has 0 aliphatic rings. The van der Waals surface area contributed by atoms with E-state index in [1.54, 1.807) is 0 Å². The normalized spacial score (nSPS) is 10.1. The summed E-state index contributed by atoms with van der Waals surface area (Å²) in [5.74, 6) is 0.0760. The Morgan fingerprint density at radius 3 is 2.83 bits per heavy atom. The second-order valence-corrected chi connectivity index (χ2v) is 2.14. The summed E-state index contributed by atoms with van der Waals surface area (Å²) < 4.78 is 0. The lowest BCUT2D eigenvalue weighted by atomic mass is 10.4. The Balaban J connectivity index is 3.54. The second-order valence-electron chi connectivity index (χ2n) is 2.14. The quantitative estimate of drug-likeness (QED) is 0.444. The predicted octanol–water partition coefficient (Wildman–Crippen LogP) is -1.05. The molecule has 68 valence electrons. The van der Waals surface area contributed by atoms with Crippen LogP contribution in [0, 0.1) is 0 Å². The van der Waals surface area contributed by atoms with Crippen LogP contribution in [0.15, 0.2) is 17.4 Å². The van der Waals surface area contributed by atoms with Gasteiger partial charge in [0, 0.05) is 19.3 Å². The number of nitrogens with two attached hydrogens (primary N) is 2. The molecule has 0 aliphatic carbocycles. The van der Waals surface area contributed by atoms with Gasteiger partial charge in [-0.2, -0.15) is 0 Å². The van der Waals surface area contributed by atoms with Crippen LogP contribution in [0.2, 0.25) is 0 Å². The van der Waals surface area contributed by atoms with E-state index in [9.17, 15) is 4.79 Å². The summed E-state index contributed by atoms with van der Waals surface area (Å²) in [6.45, 7) is 4.71. The topological polar surface area (TPSA) is 93.5 Å². The maximum Gasteiger partial charge on any atom is 0.222 e. The molecule has 0 spiro atoms. The molecule has 0 aromatic carbocycles. The Hall–Kier alpha value is -1.36. The molecule has 0 aromatic rings. The van der Waals surface area contributed by atoms with Crippen LogP contribution in [0.3, 0.4) is 0 Å². The maximum atomic E-state index is 10.3. The Morgan fingerprint density at radius 1 is 1.67 bits per heavy atom. The van der Waals surface area contributed by atoms with E-state index in [0.29, 0.717) is 18.9 Å². The monoisotopic (exact) mass is 170 g/mol. The molecule has 0 saturated heterocycles. The molecule has 0 unspecified atom stereocenters. The second kappa shape index (κ2) is 6.36. The van der Waals surface area contributed by atoms with Gasteiger partial charge in [-0.3, -0.25) is 4.79 Å². The van der Waals surface area contributed by atoms with Gasteiger partial charge in [-0.1, -0.05) is 6.58 Å². The molecular weight excluding hydrogens is 156 g/mol. The van der Waals surface area contributed by atoms with Gasteiger partial charge in [0.05, 0.1) is 6.42 Å². The zero-order valence-corrected chi connectivity index (χ0v) is 6.92. The number of nitrogens with one attached hydrogen (secondary N) is 1. The molecule has 0 radical (unpaired) electrons. The van der Waals surface area contributed by atoms with Gasteiger partial charge in [0.25, 0.3) is 0 Å². The lowest BCUT2D eigenvalue weighted by Gasteiger charge is -2.00. The average Bonchev–Trinajstić information content (AvgIpc) is 2.00. The van der Waals surface area contributed by atoms with Crippen molar-refractivity contribution >= 4 is 12.1 Å². The predicted molar refractivity (Wildman–Crippen MR) is 48.5 cm³/mol. The first-order valence-electron chi connectivity index (χ1n) is 3.60. The average molecular weight is 170 g/mol. The molecule has 0 aromatic heterocycles. The highest BCUT2D eigenvalue weighted by Crippen LogP contribution is 1.83. The number of carbonyl (C=O) groups excluding carboxylic acids is 1. The smallest absolute Gasteiger partial charge is 0.222 e. The third kappa shape index (κ3) is 6.76. The largest absolute Gasteiger partial charge is 0.369 e. The van der Waals surface area contributed by atoms with Gasteiger partial charge in [-0.25, -0.2) is 4.99 Å². The van der Waals surface area contributed by atoms with Crippen LogP contribution in [0.25, 0.3) is 0 Å². The molecule has 0 heterocycles. The number of hydrogen-bond donors (Lipinski definition) is 3. The van der Waals surface area contributed by atoms with Gasteiger partial charge in [0.2, 0.25) is 5.91 Å². The van der Waals surface area contributed by atoms with Gasteiger partial charge in [-0.15, -0.1) is 0 Å². The van der Waals surface area contributed by atoms with Crippen LogP contribution in [-0.4, -0.2) is 25.2 Å². The summed E-state index contributed by atoms with van der Waals surface area (Å²) in [5, 5.41) is 2.84. The standard InChI is InChI=1S/C7H14N4O/c1-6(11-5-3-8)10-4-2-7(9)12/h4,11H,1-3,5,8H2,(H2,9,12)/b10-4-. The third-order valence-electron chi connectivity index (χ3n) is 1.01. The van der Waals surface area contributed by atoms with E-state index in [1.807, 2.05) is 0 Å². The zero-order valence-electron chi connectivity index (χ0n) is 6.92. The highest BCUT2D eigenvalue weighted by Gasteiger charge is 1.89. The fourth-order valence-electron chi connectivity index (χ4n) is 0.508. The SMILES string of the molecule is C=C(/N=C\CC(N)=O)NCCN. The van der Waals surface area contributed by atoms with E-state index < -0.39 is 5.91 Å². The van der Waals surface area contributed by atoms with Gasteiger partial charge in [0.15, 0.2) is 0 Å². The van der Waals surface area contributed by atoms with Crippen LogP contribution >= 0.6 is 0 Å². The van der Waals surface area contributed by atoms with Gasteiger partial charge in [-0.05, 0) is 0 Å². The van der Waals surface area contributed by atoms with Crippen molar-refractivity contribution in [2.45, 2.75) is 6.42 Å². The number of hydrogen-bond acceptors (Lipinski definition) is 4. The minimum atomic E-state index is -0.412. The number of aliphatic imine (C=N–C) groups is 1. The summed E-state index contributed by atoms with van der Waals surface area (Å²) in [4.78, 5) is 14.1. The lowest BCUT2D eigenvalue weighted by Crippen LogP contribution is -2.20. The van der Waals surface area contributed by atoms with Gasteiger partial charge < -0.3 is 16.8 Å². The highest BCUT2D eigenvalue weighted by atomic mass is 16.1. The molecular formula is C7H14N4O. The zero-order chi connectivity index (χ0) is 9.40. The number of carbonyl (C=O) groups is 1. The summed E-state index contributed by atoms with van der Waals surface area (Å²) in [5.41, 5.74) is 10.1. The Bertz CT molecular complexity index is 188. The van der Waals surface area contributed by atoms with Crippen molar-refractivity contribution in [1.82, 2.24) is 5.32 Å². The van der Waals surface area contributed by atoms with Crippen molar-refractivity contribution in [1.29, 1.82) is 0 Å². The molecule has 0 aliphatic heterocycles. The molecule has 0 fully saturated rings. The van der Waals surface area contributed by atoms with E-state index >= 15 is 0 Å². The van der Waals surface area contributed by atoms with Crippen LogP contribution in [0.4, 0.5) is 0 Å². The minimum Gasteiger partial charge on any atom is -0.369 e. The van der Waals surface area contributed by atoms with E-state index in [-0.39, 0.29) is 6.42 Å². The summed E-state index contributed by atoms with van der Waals surface area (Å²) in [7, 11) is 0. The molecule has 5 N–H and O–H groups in total. The summed E-state index contributed by atoms with van der Waals surface area (Å²) >= 11 is 0. The molecule has 0 rings (SSSR count). The van der Waals surface area contributed by atoms with Crippen molar-refractivity contribution in [2.75, 3.05) is 13.1 Å². The molecule has 0 atom stereocenters. The lowest BCUT2D eigenvalue weighted by molar-refractivity contribution is -0.116. The van der Waals surface area contributed by atoms with E-state index in [2.05, 4.69) is 16.9 Å². The van der Waals surface area contributed by atoms with E-state index in [1.165, 1.54) is 6.21 Å². The third-order valence-corrected chi connectivity index (χ3v) is 1.01. The number of nitrogens with zero attached hydrogens (tertiary/aromatic N) is 1. The number of amides is 1. The van der Waals surface area contributed by atoms with Crippen molar-refractivity contribution < 1.29 is 4.79 Å². The minimum absolute atomic E-state index is 0.128. The van der Waals surface area contributed by atoms with E-state index in [0.717, 1.165) is 0 Å². The molecule has 0 bridgehead atoms. The molecule has 5 nitrogen and oxygen atoms in total. The first-order valence-corrected chi connectivity index (χ1v) is 3.60. The Kier molecular flexibility index (Phi) is 5.64. The summed E-state index contributed by atoms with van der Waals surface area (Å²) in [6, 6.07) is 0. The fraction of sp³-hybridized carbons (Fsp3) is 0.429. The molecule has 12 heavy (non-hydrogen) atoms. The van der Waals surface area contributed by atoms with Crippen LogP contribution in [-0.2, 0) is 4.79 Å². The van der Waals surface area contributed by atoms with Gasteiger partial charge in [0.1, 0.15) is 5.82 Å². The van der Waals surface area contributed by atoms with Crippen molar-refractivity contribution in [3.05, 3.63) is 12.4 Å². The van der Waals surface area contributed by atoms with Crippen LogP contribution < -0.4 is 16.8 Å². The fourth-order valence-corrected chi connectivity index (χ4v) is 0.508. The molecule has 1 amide bonds. The van der Waals surface area contributed by atoms with Crippen molar-refractivity contribution in [3.8, 4) is 0 Å².